The first-order valence-electron chi connectivity index (χ1n) is 2.50. The van der Waals surface area contributed by atoms with Crippen molar-refractivity contribution < 1.29 is 9.90 Å². The van der Waals surface area contributed by atoms with Crippen molar-refractivity contribution in [2.24, 2.45) is 5.73 Å². The molecular formula is C4H5N3O2S. The lowest BCUT2D eigenvalue weighted by Gasteiger charge is -1.80. The monoisotopic (exact) mass is 159 g/mol. The summed E-state index contributed by atoms with van der Waals surface area (Å²) >= 11 is 0.842. The lowest BCUT2D eigenvalue weighted by Crippen LogP contribution is -2.00. The molecule has 10 heavy (non-hydrogen) atoms. The van der Waals surface area contributed by atoms with Gasteiger partial charge >= 0.3 is 5.97 Å². The predicted molar refractivity (Wildman–Crippen MR) is 34.8 cm³/mol. The molecule has 5 nitrogen and oxygen atoms in total. The van der Waals surface area contributed by atoms with Gasteiger partial charge in [0, 0.05) is 0 Å². The summed E-state index contributed by atoms with van der Waals surface area (Å²) in [5.41, 5.74) is 5.15. The number of hydrogen-bond donors (Lipinski definition) is 2. The molecule has 6 heteroatoms. The standard InChI is InChI=1S/C4H5N3O2S/c5-1-2-6-3(4(8)9)10-7-2/h1,5H2,(H,8,9). The molecule has 0 aromatic carbocycles. The summed E-state index contributed by atoms with van der Waals surface area (Å²) < 4.78 is 3.68. The van der Waals surface area contributed by atoms with Crippen LogP contribution in [0.1, 0.15) is 15.6 Å². The Morgan fingerprint density at radius 2 is 2.50 bits per heavy atom. The van der Waals surface area contributed by atoms with Crippen LogP contribution < -0.4 is 5.73 Å². The van der Waals surface area contributed by atoms with E-state index in [0.717, 1.165) is 11.5 Å². The Balaban J connectivity index is 2.88. The van der Waals surface area contributed by atoms with E-state index in [0.29, 0.717) is 5.82 Å². The van der Waals surface area contributed by atoms with Gasteiger partial charge in [0.2, 0.25) is 5.01 Å². The molecule has 0 radical (unpaired) electrons. The highest BCUT2D eigenvalue weighted by Gasteiger charge is 2.08. The van der Waals surface area contributed by atoms with Gasteiger partial charge in [-0.15, -0.1) is 0 Å². The molecule has 1 aromatic heterocycles. The average molecular weight is 159 g/mol. The maximum atomic E-state index is 10.2. The maximum Gasteiger partial charge on any atom is 0.366 e. The Labute approximate surface area is 60.7 Å². The van der Waals surface area contributed by atoms with Gasteiger partial charge < -0.3 is 10.8 Å². The van der Waals surface area contributed by atoms with Crippen LogP contribution >= 0.6 is 11.5 Å². The normalized spacial score (nSPS) is 9.70. The number of hydrogen-bond acceptors (Lipinski definition) is 5. The zero-order valence-corrected chi connectivity index (χ0v) is 5.76. The van der Waals surface area contributed by atoms with E-state index in [9.17, 15) is 4.79 Å². The highest BCUT2D eigenvalue weighted by atomic mass is 32.1. The number of carboxylic acids is 1. The van der Waals surface area contributed by atoms with Crippen LogP contribution in [0.5, 0.6) is 0 Å². The number of carbonyl (C=O) groups is 1. The van der Waals surface area contributed by atoms with Crippen molar-refractivity contribution >= 4 is 17.5 Å². The second-order valence-corrected chi connectivity index (χ2v) is 2.28. The summed E-state index contributed by atoms with van der Waals surface area (Å²) in [6.07, 6.45) is 0. The zero-order chi connectivity index (χ0) is 7.56. The number of nitrogens with zero attached hydrogens (tertiary/aromatic N) is 2. The molecule has 0 unspecified atom stereocenters. The van der Waals surface area contributed by atoms with Crippen LogP contribution in [0.25, 0.3) is 0 Å². The van der Waals surface area contributed by atoms with Gasteiger partial charge in [-0.25, -0.2) is 9.78 Å². The van der Waals surface area contributed by atoms with Gasteiger partial charge in [0.1, 0.15) is 0 Å². The van der Waals surface area contributed by atoms with Gasteiger partial charge in [-0.05, 0) is 11.5 Å². The van der Waals surface area contributed by atoms with E-state index in [1.165, 1.54) is 0 Å². The molecule has 0 atom stereocenters. The van der Waals surface area contributed by atoms with E-state index in [2.05, 4.69) is 9.36 Å². The summed E-state index contributed by atoms with van der Waals surface area (Å²) in [5, 5.41) is 8.35. The summed E-state index contributed by atoms with van der Waals surface area (Å²) in [5.74, 6) is -0.681. The summed E-state index contributed by atoms with van der Waals surface area (Å²) in [6.45, 7) is 0.184. The van der Waals surface area contributed by atoms with Crippen LogP contribution in [-0.4, -0.2) is 20.4 Å². The number of aromatic carboxylic acids is 1. The minimum absolute atomic E-state index is 0.0135. The first-order valence-corrected chi connectivity index (χ1v) is 3.27. The van der Waals surface area contributed by atoms with E-state index in [-0.39, 0.29) is 11.6 Å². The fourth-order valence-corrected chi connectivity index (χ4v) is 0.955. The molecule has 1 aromatic rings. The van der Waals surface area contributed by atoms with Crippen LogP contribution in [0.15, 0.2) is 0 Å². The van der Waals surface area contributed by atoms with Gasteiger partial charge in [-0.1, -0.05) is 0 Å². The van der Waals surface area contributed by atoms with Crippen LogP contribution in [0.3, 0.4) is 0 Å². The second-order valence-electron chi connectivity index (χ2n) is 1.53. The van der Waals surface area contributed by atoms with Crippen molar-refractivity contribution in [2.45, 2.75) is 6.54 Å². The molecule has 0 aliphatic heterocycles. The van der Waals surface area contributed by atoms with E-state index in [1.807, 2.05) is 0 Å². The third kappa shape index (κ3) is 1.28. The molecule has 0 aliphatic rings. The van der Waals surface area contributed by atoms with Gasteiger partial charge in [0.25, 0.3) is 0 Å². The maximum absolute atomic E-state index is 10.2. The van der Waals surface area contributed by atoms with Gasteiger partial charge in [-0.3, -0.25) is 0 Å². The van der Waals surface area contributed by atoms with Gasteiger partial charge in [0.05, 0.1) is 6.54 Å². The third-order valence-corrected chi connectivity index (χ3v) is 1.57. The number of aromatic nitrogens is 2. The smallest absolute Gasteiger partial charge is 0.366 e. The molecule has 0 bridgehead atoms. The Morgan fingerprint density at radius 3 is 2.80 bits per heavy atom. The molecule has 0 saturated heterocycles. The highest BCUT2D eigenvalue weighted by Crippen LogP contribution is 2.02. The number of carboxylic acid groups (broad SMARTS) is 1. The van der Waals surface area contributed by atoms with Crippen molar-refractivity contribution in [2.75, 3.05) is 0 Å². The van der Waals surface area contributed by atoms with Crippen molar-refractivity contribution in [3.8, 4) is 0 Å². The molecule has 0 saturated carbocycles. The second kappa shape index (κ2) is 2.72. The van der Waals surface area contributed by atoms with Gasteiger partial charge in [0.15, 0.2) is 5.82 Å². The van der Waals surface area contributed by atoms with Gasteiger partial charge in [-0.2, -0.15) is 4.37 Å². The fourth-order valence-electron chi connectivity index (χ4n) is 0.424. The fraction of sp³-hybridized carbons (Fsp3) is 0.250. The first-order chi connectivity index (χ1) is 4.74. The Kier molecular flexibility index (Phi) is 1.93. The van der Waals surface area contributed by atoms with Crippen molar-refractivity contribution in [3.05, 3.63) is 10.8 Å². The topological polar surface area (TPSA) is 89.1 Å². The average Bonchev–Trinajstić information content (AvgIpc) is 2.34. The highest BCUT2D eigenvalue weighted by molar-refractivity contribution is 7.07. The molecule has 1 heterocycles. The lowest BCUT2D eigenvalue weighted by molar-refractivity contribution is 0.0696. The summed E-state index contributed by atoms with van der Waals surface area (Å²) in [4.78, 5) is 13.8. The molecule has 1 rings (SSSR count). The minimum Gasteiger partial charge on any atom is -0.476 e. The van der Waals surface area contributed by atoms with E-state index >= 15 is 0 Å². The van der Waals surface area contributed by atoms with E-state index < -0.39 is 5.97 Å². The summed E-state index contributed by atoms with van der Waals surface area (Å²) in [6, 6.07) is 0. The quantitative estimate of drug-likeness (QED) is 0.618. The van der Waals surface area contributed by atoms with Crippen molar-refractivity contribution in [1.29, 1.82) is 0 Å². The van der Waals surface area contributed by atoms with Crippen LogP contribution in [0, 0.1) is 0 Å². The molecule has 0 amide bonds. The van der Waals surface area contributed by atoms with Crippen LogP contribution in [-0.2, 0) is 6.54 Å². The molecule has 0 spiro atoms. The van der Waals surface area contributed by atoms with E-state index in [1.54, 1.807) is 0 Å². The predicted octanol–water partition coefficient (Wildman–Crippen LogP) is -0.305. The zero-order valence-electron chi connectivity index (χ0n) is 4.94. The molecule has 54 valence electrons. The molecule has 3 N–H and O–H groups in total. The van der Waals surface area contributed by atoms with Crippen LogP contribution in [0.2, 0.25) is 0 Å². The largest absolute Gasteiger partial charge is 0.476 e. The minimum atomic E-state index is -1.06. The SMILES string of the molecule is NCc1nsc(C(=O)O)n1. The lowest BCUT2D eigenvalue weighted by atomic mass is 10.6. The van der Waals surface area contributed by atoms with Crippen molar-refractivity contribution in [3.63, 3.8) is 0 Å². The van der Waals surface area contributed by atoms with Crippen molar-refractivity contribution in [1.82, 2.24) is 9.36 Å². The third-order valence-electron chi connectivity index (χ3n) is 0.834. The Bertz CT molecular complexity index is 246. The Hall–Kier alpha value is -1.01. The first kappa shape index (κ1) is 7.10. The number of nitrogens with two attached hydrogens (primary N) is 1. The number of rotatable bonds is 2. The Morgan fingerprint density at radius 1 is 1.80 bits per heavy atom. The molecule has 0 fully saturated rings. The molecule has 0 aliphatic carbocycles. The van der Waals surface area contributed by atoms with E-state index in [4.69, 9.17) is 10.8 Å². The summed E-state index contributed by atoms with van der Waals surface area (Å²) in [7, 11) is 0. The molecular weight excluding hydrogens is 154 g/mol. The van der Waals surface area contributed by atoms with Crippen LogP contribution in [0.4, 0.5) is 0 Å².